The minimum absolute atomic E-state index is 0.0228. The smallest absolute Gasteiger partial charge is 0.358 e. The third-order valence-corrected chi connectivity index (χ3v) is 3.22. The third kappa shape index (κ3) is 3.52. The van der Waals surface area contributed by atoms with E-state index in [-0.39, 0.29) is 18.3 Å². The number of nitro groups is 1. The van der Waals surface area contributed by atoms with Crippen molar-refractivity contribution < 1.29 is 9.72 Å². The lowest BCUT2D eigenvalue weighted by Gasteiger charge is -2.06. The molecule has 7 nitrogen and oxygen atoms in total. The van der Waals surface area contributed by atoms with Gasteiger partial charge in [-0.3, -0.25) is 4.79 Å². The van der Waals surface area contributed by atoms with Crippen LogP contribution in [0.5, 0.6) is 0 Å². The van der Waals surface area contributed by atoms with Gasteiger partial charge < -0.3 is 15.4 Å². The van der Waals surface area contributed by atoms with Gasteiger partial charge in [-0.1, -0.05) is 13.8 Å². The highest BCUT2D eigenvalue weighted by Crippen LogP contribution is 2.26. The molecule has 1 aromatic heterocycles. The van der Waals surface area contributed by atoms with Gasteiger partial charge in [0.05, 0.1) is 10.8 Å². The van der Waals surface area contributed by atoms with Crippen molar-refractivity contribution in [3.05, 3.63) is 20.3 Å². The molecule has 100 valence electrons. The number of hydrogen-bond acceptors (Lipinski definition) is 4. The lowest BCUT2D eigenvalue weighted by molar-refractivity contribution is -0.390. The van der Waals surface area contributed by atoms with Crippen LogP contribution in [0.3, 0.4) is 0 Å². The summed E-state index contributed by atoms with van der Waals surface area (Å²) in [6.45, 7) is 6.19. The molecule has 0 aliphatic carbocycles. The SMILES string of the molecule is Cc1c(Br)c([N+](=O)[O-])nn1CC(=O)NCC(C)C. The summed E-state index contributed by atoms with van der Waals surface area (Å²) in [4.78, 5) is 21.7. The number of halogens is 1. The maximum atomic E-state index is 11.6. The van der Waals surface area contributed by atoms with Crippen LogP contribution in [0.25, 0.3) is 0 Å². The number of hydrogen-bond donors (Lipinski definition) is 1. The molecular weight excluding hydrogens is 304 g/mol. The van der Waals surface area contributed by atoms with Gasteiger partial charge in [0.1, 0.15) is 11.0 Å². The molecule has 0 saturated heterocycles. The van der Waals surface area contributed by atoms with E-state index in [1.54, 1.807) is 6.92 Å². The lowest BCUT2D eigenvalue weighted by atomic mass is 10.2. The molecule has 0 atom stereocenters. The predicted molar refractivity (Wildman–Crippen MR) is 69.2 cm³/mol. The van der Waals surface area contributed by atoms with Crippen LogP contribution in [0.4, 0.5) is 5.82 Å². The van der Waals surface area contributed by atoms with Crippen molar-refractivity contribution in [3.63, 3.8) is 0 Å². The largest absolute Gasteiger partial charge is 0.404 e. The van der Waals surface area contributed by atoms with Crippen molar-refractivity contribution >= 4 is 27.7 Å². The molecular formula is C10H15BrN4O3. The molecule has 0 spiro atoms. The van der Waals surface area contributed by atoms with E-state index in [0.717, 1.165) is 0 Å². The Bertz CT molecular complexity index is 470. The van der Waals surface area contributed by atoms with E-state index >= 15 is 0 Å². The molecule has 1 heterocycles. The highest BCUT2D eigenvalue weighted by molar-refractivity contribution is 9.10. The molecule has 1 rings (SSSR count). The van der Waals surface area contributed by atoms with Crippen molar-refractivity contribution in [1.29, 1.82) is 0 Å². The van der Waals surface area contributed by atoms with Gasteiger partial charge in [-0.25, -0.2) is 0 Å². The molecule has 18 heavy (non-hydrogen) atoms. The van der Waals surface area contributed by atoms with Crippen molar-refractivity contribution in [2.45, 2.75) is 27.3 Å². The standard InChI is InChI=1S/C10H15BrN4O3/c1-6(2)4-12-8(16)5-14-7(3)9(11)10(13-14)15(17)18/h6H,4-5H2,1-3H3,(H,12,16). The Balaban J connectivity index is 2.76. The molecule has 1 amide bonds. The number of rotatable bonds is 5. The molecule has 0 aliphatic heterocycles. The van der Waals surface area contributed by atoms with Crippen molar-refractivity contribution in [3.8, 4) is 0 Å². The molecule has 0 fully saturated rings. The maximum absolute atomic E-state index is 11.6. The zero-order valence-electron chi connectivity index (χ0n) is 10.4. The summed E-state index contributed by atoms with van der Waals surface area (Å²) in [5.41, 5.74) is 0.557. The molecule has 0 saturated carbocycles. The highest BCUT2D eigenvalue weighted by Gasteiger charge is 2.24. The zero-order chi connectivity index (χ0) is 13.9. The molecule has 0 bridgehead atoms. The van der Waals surface area contributed by atoms with Crippen LogP contribution in [0, 0.1) is 23.0 Å². The normalized spacial score (nSPS) is 10.7. The second-order valence-electron chi connectivity index (χ2n) is 4.34. The molecule has 1 aromatic rings. The van der Waals surface area contributed by atoms with E-state index in [1.165, 1.54) is 4.68 Å². The van der Waals surface area contributed by atoms with Gasteiger partial charge in [0, 0.05) is 6.54 Å². The first-order valence-corrected chi connectivity index (χ1v) is 6.26. The Labute approximate surface area is 113 Å². The van der Waals surface area contributed by atoms with E-state index in [9.17, 15) is 14.9 Å². The minimum atomic E-state index is -0.584. The molecule has 1 N–H and O–H groups in total. The summed E-state index contributed by atoms with van der Waals surface area (Å²) in [6, 6.07) is 0. The van der Waals surface area contributed by atoms with Gasteiger partial charge in [-0.05, 0) is 33.7 Å². The van der Waals surface area contributed by atoms with Crippen LogP contribution in [0.15, 0.2) is 4.47 Å². The lowest BCUT2D eigenvalue weighted by Crippen LogP contribution is -2.31. The fourth-order valence-electron chi connectivity index (χ4n) is 1.29. The summed E-state index contributed by atoms with van der Waals surface area (Å²) < 4.78 is 1.63. The summed E-state index contributed by atoms with van der Waals surface area (Å²) in [6.07, 6.45) is 0. The van der Waals surface area contributed by atoms with E-state index in [1.807, 2.05) is 13.8 Å². The van der Waals surface area contributed by atoms with Gasteiger partial charge in [0.15, 0.2) is 0 Å². The zero-order valence-corrected chi connectivity index (χ0v) is 12.0. The quantitative estimate of drug-likeness (QED) is 0.660. The van der Waals surface area contributed by atoms with Gasteiger partial charge in [0.25, 0.3) is 0 Å². The number of carbonyl (C=O) groups excluding carboxylic acids is 1. The number of aromatic nitrogens is 2. The monoisotopic (exact) mass is 318 g/mol. The Morgan fingerprint density at radius 3 is 2.67 bits per heavy atom. The fraction of sp³-hybridized carbons (Fsp3) is 0.600. The van der Waals surface area contributed by atoms with Crippen LogP contribution in [0.2, 0.25) is 0 Å². The second-order valence-corrected chi connectivity index (χ2v) is 5.13. The Morgan fingerprint density at radius 1 is 1.61 bits per heavy atom. The van der Waals surface area contributed by atoms with Crippen molar-refractivity contribution in [2.24, 2.45) is 5.92 Å². The topological polar surface area (TPSA) is 90.1 Å². The van der Waals surface area contributed by atoms with E-state index in [0.29, 0.717) is 22.6 Å². The fourth-order valence-corrected chi connectivity index (χ4v) is 1.72. The van der Waals surface area contributed by atoms with Crippen LogP contribution >= 0.6 is 15.9 Å². The average Bonchev–Trinajstić information content (AvgIpc) is 2.55. The van der Waals surface area contributed by atoms with Gasteiger partial charge in [-0.15, -0.1) is 0 Å². The molecule has 0 unspecified atom stereocenters. The number of carbonyl (C=O) groups is 1. The summed E-state index contributed by atoms with van der Waals surface area (Å²) in [7, 11) is 0. The van der Waals surface area contributed by atoms with E-state index in [4.69, 9.17) is 0 Å². The molecule has 0 aromatic carbocycles. The third-order valence-electron chi connectivity index (χ3n) is 2.29. The number of amides is 1. The van der Waals surface area contributed by atoms with E-state index < -0.39 is 4.92 Å². The maximum Gasteiger partial charge on any atom is 0.404 e. The second kappa shape index (κ2) is 5.94. The Kier molecular flexibility index (Phi) is 4.83. The van der Waals surface area contributed by atoms with Crippen LogP contribution in [-0.2, 0) is 11.3 Å². The first-order chi connectivity index (χ1) is 8.32. The van der Waals surface area contributed by atoms with E-state index in [2.05, 4.69) is 26.3 Å². The Hall–Kier alpha value is -1.44. The first kappa shape index (κ1) is 14.6. The summed E-state index contributed by atoms with van der Waals surface area (Å²) in [5.74, 6) is -0.130. The molecule has 8 heteroatoms. The molecule has 0 radical (unpaired) electrons. The Morgan fingerprint density at radius 2 is 2.22 bits per heavy atom. The number of nitrogens with zero attached hydrogens (tertiary/aromatic N) is 3. The van der Waals surface area contributed by atoms with Gasteiger partial charge in [-0.2, -0.15) is 4.68 Å². The van der Waals surface area contributed by atoms with Crippen LogP contribution in [0.1, 0.15) is 19.5 Å². The van der Waals surface area contributed by atoms with Crippen LogP contribution < -0.4 is 5.32 Å². The molecule has 0 aliphatic rings. The summed E-state index contributed by atoms with van der Waals surface area (Å²) in [5, 5.41) is 17.2. The summed E-state index contributed by atoms with van der Waals surface area (Å²) >= 11 is 3.10. The highest BCUT2D eigenvalue weighted by atomic mass is 79.9. The van der Waals surface area contributed by atoms with Gasteiger partial charge in [0.2, 0.25) is 5.91 Å². The van der Waals surface area contributed by atoms with Gasteiger partial charge >= 0.3 is 5.82 Å². The first-order valence-electron chi connectivity index (χ1n) is 5.47. The van der Waals surface area contributed by atoms with Crippen molar-refractivity contribution in [2.75, 3.05) is 6.54 Å². The van der Waals surface area contributed by atoms with Crippen molar-refractivity contribution in [1.82, 2.24) is 15.1 Å². The van der Waals surface area contributed by atoms with Crippen LogP contribution in [-0.4, -0.2) is 27.2 Å². The predicted octanol–water partition coefficient (Wildman–Crippen LogP) is 1.63. The average molecular weight is 319 g/mol. The number of nitrogens with one attached hydrogen (secondary N) is 1. The minimum Gasteiger partial charge on any atom is -0.358 e.